The van der Waals surface area contributed by atoms with E-state index in [1.54, 1.807) is 0 Å². The van der Waals surface area contributed by atoms with Crippen LogP contribution in [0.4, 0.5) is 0 Å². The molecule has 0 saturated heterocycles. The maximum Gasteiger partial charge on any atom is 0.180 e. The molecule has 0 atom stereocenters. The lowest BCUT2D eigenvalue weighted by Gasteiger charge is -2.13. The van der Waals surface area contributed by atoms with E-state index >= 15 is 0 Å². The van der Waals surface area contributed by atoms with Crippen LogP contribution in [0.1, 0.15) is 5.56 Å². The third-order valence-corrected chi connectivity index (χ3v) is 4.80. The molecule has 0 aliphatic rings. The molecule has 66 valence electrons. The topological polar surface area (TPSA) is 0 Å². The molecule has 0 aliphatic carbocycles. The van der Waals surface area contributed by atoms with Crippen LogP contribution >= 0.6 is 27.0 Å². The summed E-state index contributed by atoms with van der Waals surface area (Å²) in [4.78, 5) is 0. The van der Waals surface area contributed by atoms with Gasteiger partial charge in [-0.05, 0) is 10.8 Å². The summed E-state index contributed by atoms with van der Waals surface area (Å²) in [7, 11) is -1.61. The number of hydrogen-bond acceptors (Lipinski definition) is 0. The van der Waals surface area contributed by atoms with Gasteiger partial charge in [0.05, 0.1) is 0 Å². The molecule has 0 spiro atoms. The molecular formula is C9H12BrClSi. The van der Waals surface area contributed by atoms with E-state index in [4.69, 9.17) is 11.1 Å². The first kappa shape index (κ1) is 10.3. The molecule has 0 amide bonds. The first-order valence-corrected chi connectivity index (χ1v) is 9.01. The van der Waals surface area contributed by atoms with Gasteiger partial charge < -0.3 is 0 Å². The largest absolute Gasteiger partial charge is 0.180 e. The van der Waals surface area contributed by atoms with Crippen molar-refractivity contribution in [3.63, 3.8) is 0 Å². The number of rotatable bonds is 2. The molecule has 0 bridgehead atoms. The van der Waals surface area contributed by atoms with Gasteiger partial charge in [0.25, 0.3) is 0 Å². The summed E-state index contributed by atoms with van der Waals surface area (Å²) in [6, 6.07) is 8.52. The monoisotopic (exact) mass is 262 g/mol. The van der Waals surface area contributed by atoms with Gasteiger partial charge in [0.15, 0.2) is 7.38 Å². The van der Waals surface area contributed by atoms with Crippen LogP contribution in [0.5, 0.6) is 0 Å². The van der Waals surface area contributed by atoms with Crippen molar-refractivity contribution in [2.45, 2.75) is 18.4 Å². The van der Waals surface area contributed by atoms with Crippen molar-refractivity contribution in [2.24, 2.45) is 0 Å². The second kappa shape index (κ2) is 3.94. The van der Waals surface area contributed by atoms with Gasteiger partial charge in [-0.15, -0.1) is 0 Å². The Morgan fingerprint density at radius 1 is 1.25 bits per heavy atom. The highest BCUT2D eigenvalue weighted by atomic mass is 79.9. The van der Waals surface area contributed by atoms with Crippen molar-refractivity contribution in [1.82, 2.24) is 0 Å². The van der Waals surface area contributed by atoms with E-state index < -0.39 is 7.38 Å². The van der Waals surface area contributed by atoms with Crippen molar-refractivity contribution in [3.05, 3.63) is 29.8 Å². The van der Waals surface area contributed by atoms with Crippen LogP contribution in [0.15, 0.2) is 24.3 Å². The quantitative estimate of drug-likeness (QED) is 0.437. The fourth-order valence-electron chi connectivity index (χ4n) is 0.990. The summed E-state index contributed by atoms with van der Waals surface area (Å²) >= 11 is 9.69. The first-order valence-electron chi connectivity index (χ1n) is 3.88. The Kier molecular flexibility index (Phi) is 3.38. The zero-order valence-corrected chi connectivity index (χ0v) is 10.6. The Morgan fingerprint density at radius 2 is 1.75 bits per heavy atom. The lowest BCUT2D eigenvalue weighted by molar-refractivity contribution is 1.45. The van der Waals surface area contributed by atoms with Gasteiger partial charge in [-0.2, -0.15) is 11.1 Å². The van der Waals surface area contributed by atoms with Gasteiger partial charge in [-0.3, -0.25) is 0 Å². The van der Waals surface area contributed by atoms with E-state index in [0.717, 1.165) is 5.33 Å². The number of halogens is 2. The standard InChI is InChI=1S/C9H12BrClSi/c1-12(2,11)9-5-3-8(7-10)4-6-9/h3-6H,7H2,1-2H3. The highest BCUT2D eigenvalue weighted by Gasteiger charge is 2.19. The fraction of sp³-hybridized carbons (Fsp3) is 0.333. The predicted molar refractivity (Wildman–Crippen MR) is 62.0 cm³/mol. The molecule has 0 aliphatic heterocycles. The van der Waals surface area contributed by atoms with Crippen molar-refractivity contribution < 1.29 is 0 Å². The van der Waals surface area contributed by atoms with Crippen molar-refractivity contribution in [2.75, 3.05) is 0 Å². The van der Waals surface area contributed by atoms with Crippen LogP contribution < -0.4 is 5.19 Å². The van der Waals surface area contributed by atoms with E-state index in [2.05, 4.69) is 53.3 Å². The minimum absolute atomic E-state index is 0.914. The summed E-state index contributed by atoms with van der Waals surface area (Å²) in [5.41, 5.74) is 1.30. The van der Waals surface area contributed by atoms with Crippen LogP contribution in [0.2, 0.25) is 13.1 Å². The second-order valence-corrected chi connectivity index (χ2v) is 10.2. The molecule has 0 N–H and O–H groups in total. The summed E-state index contributed by atoms with van der Waals surface area (Å²) in [5, 5.41) is 2.21. The Balaban J connectivity index is 2.93. The van der Waals surface area contributed by atoms with Gasteiger partial charge in [0.1, 0.15) is 0 Å². The van der Waals surface area contributed by atoms with E-state index in [9.17, 15) is 0 Å². The molecule has 0 unspecified atom stereocenters. The SMILES string of the molecule is C[Si](C)(Cl)c1ccc(CBr)cc1. The molecule has 0 saturated carbocycles. The molecule has 0 heterocycles. The van der Waals surface area contributed by atoms with Gasteiger partial charge in [-0.25, -0.2) is 0 Å². The highest BCUT2D eigenvalue weighted by molar-refractivity contribution is 9.08. The minimum atomic E-state index is -1.61. The average Bonchev–Trinajstić information content (AvgIpc) is 2.03. The molecule has 1 aromatic rings. The van der Waals surface area contributed by atoms with Crippen LogP contribution in [0.3, 0.4) is 0 Å². The molecular weight excluding hydrogens is 252 g/mol. The van der Waals surface area contributed by atoms with Crippen LogP contribution in [0.25, 0.3) is 0 Å². The Morgan fingerprint density at radius 3 is 2.08 bits per heavy atom. The number of alkyl halides is 1. The Hall–Kier alpha value is 0.207. The molecule has 0 nitrogen and oxygen atoms in total. The van der Waals surface area contributed by atoms with Crippen molar-refractivity contribution >= 4 is 39.6 Å². The summed E-state index contributed by atoms with van der Waals surface area (Å²) in [5.74, 6) is 0. The van der Waals surface area contributed by atoms with E-state index in [1.807, 2.05) is 0 Å². The lowest BCUT2D eigenvalue weighted by Crippen LogP contribution is -2.34. The van der Waals surface area contributed by atoms with E-state index in [1.165, 1.54) is 10.8 Å². The molecule has 1 rings (SSSR count). The highest BCUT2D eigenvalue weighted by Crippen LogP contribution is 2.10. The lowest BCUT2D eigenvalue weighted by atomic mass is 10.2. The first-order chi connectivity index (χ1) is 5.54. The zero-order valence-electron chi connectivity index (χ0n) is 7.27. The van der Waals surface area contributed by atoms with E-state index in [0.29, 0.717) is 0 Å². The van der Waals surface area contributed by atoms with Gasteiger partial charge in [-0.1, -0.05) is 53.3 Å². The normalized spacial score (nSPS) is 11.7. The van der Waals surface area contributed by atoms with Gasteiger partial charge in [0, 0.05) is 5.33 Å². The third-order valence-electron chi connectivity index (χ3n) is 1.79. The van der Waals surface area contributed by atoms with Crippen molar-refractivity contribution in [3.8, 4) is 0 Å². The second-order valence-electron chi connectivity index (χ2n) is 3.30. The maximum atomic E-state index is 6.28. The van der Waals surface area contributed by atoms with Crippen molar-refractivity contribution in [1.29, 1.82) is 0 Å². The maximum absolute atomic E-state index is 6.28. The fourth-order valence-corrected chi connectivity index (χ4v) is 2.70. The zero-order chi connectivity index (χ0) is 9.19. The van der Waals surface area contributed by atoms with Gasteiger partial charge >= 0.3 is 0 Å². The summed E-state index contributed by atoms with van der Waals surface area (Å²) in [6.45, 7) is 4.27. The minimum Gasteiger partial charge on any atom is -0.162 e. The average molecular weight is 264 g/mol. The summed E-state index contributed by atoms with van der Waals surface area (Å²) < 4.78 is 0. The molecule has 0 radical (unpaired) electrons. The van der Waals surface area contributed by atoms with E-state index in [-0.39, 0.29) is 0 Å². The Labute approximate surface area is 87.8 Å². The molecule has 3 heteroatoms. The number of benzene rings is 1. The third kappa shape index (κ3) is 2.61. The molecule has 1 aromatic carbocycles. The molecule has 12 heavy (non-hydrogen) atoms. The predicted octanol–water partition coefficient (Wildman–Crippen LogP) is 3.23. The smallest absolute Gasteiger partial charge is 0.162 e. The van der Waals surface area contributed by atoms with Gasteiger partial charge in [0.2, 0.25) is 0 Å². The van der Waals surface area contributed by atoms with Crippen LogP contribution in [-0.4, -0.2) is 7.38 Å². The number of hydrogen-bond donors (Lipinski definition) is 0. The van der Waals surface area contributed by atoms with Crippen LogP contribution in [0, 0.1) is 0 Å². The summed E-state index contributed by atoms with van der Waals surface area (Å²) in [6.07, 6.45) is 0. The van der Waals surface area contributed by atoms with Crippen LogP contribution in [-0.2, 0) is 5.33 Å². The molecule has 0 aromatic heterocycles. The Bertz CT molecular complexity index is 250. The molecule has 0 fully saturated rings.